The van der Waals surface area contributed by atoms with E-state index in [0.717, 1.165) is 0 Å². The summed E-state index contributed by atoms with van der Waals surface area (Å²) in [5, 5.41) is 10.7. The van der Waals surface area contributed by atoms with Crippen LogP contribution in [0.2, 0.25) is 0 Å². The molecule has 51 heavy (non-hydrogen) atoms. The van der Waals surface area contributed by atoms with E-state index in [9.17, 15) is 23.1 Å². The van der Waals surface area contributed by atoms with Gasteiger partial charge in [-0.1, -0.05) is 12.1 Å². The largest absolute Gasteiger partial charge is 0.496 e. The van der Waals surface area contributed by atoms with Gasteiger partial charge in [0.05, 0.1) is 49.3 Å². The molecule has 0 saturated carbocycles. The summed E-state index contributed by atoms with van der Waals surface area (Å²) in [7, 11) is -0.710. The highest BCUT2D eigenvalue weighted by Gasteiger charge is 2.53. The number of carbonyl (C=O) groups is 1. The van der Waals surface area contributed by atoms with Crippen molar-refractivity contribution in [2.45, 2.75) is 82.2 Å². The monoisotopic (exact) mass is 711 g/mol. The summed E-state index contributed by atoms with van der Waals surface area (Å²) >= 11 is 0. The third kappa shape index (κ3) is 5.56. The number of carboxylic acids is 1. The first-order chi connectivity index (χ1) is 24.1. The number of anilines is 2. The van der Waals surface area contributed by atoms with Crippen LogP contribution in [0.25, 0.3) is 22.1 Å². The number of halogens is 3. The van der Waals surface area contributed by atoms with Crippen LogP contribution in [0, 0.1) is 0 Å². The molecule has 0 bridgehead atoms. The number of aromatic nitrogens is 3. The fourth-order valence-electron chi connectivity index (χ4n) is 7.17. The van der Waals surface area contributed by atoms with Crippen molar-refractivity contribution in [2.75, 3.05) is 42.7 Å². The third-order valence-corrected chi connectivity index (χ3v) is 10.9. The van der Waals surface area contributed by atoms with Crippen molar-refractivity contribution < 1.29 is 51.0 Å². The first-order valence-electron chi connectivity index (χ1n) is 16.8. The molecule has 7 heterocycles. The van der Waals surface area contributed by atoms with Crippen molar-refractivity contribution in [3.63, 3.8) is 0 Å². The van der Waals surface area contributed by atoms with E-state index >= 15 is 0 Å². The van der Waals surface area contributed by atoms with Crippen molar-refractivity contribution in [3.8, 4) is 5.88 Å². The lowest BCUT2D eigenvalue weighted by molar-refractivity contribution is -0.228. The first kappa shape index (κ1) is 33.9. The molecule has 13 nitrogen and oxygen atoms in total. The Morgan fingerprint density at radius 2 is 1.80 bits per heavy atom. The molecular weight excluding hydrogens is 674 g/mol. The third-order valence-electron chi connectivity index (χ3n) is 10.9. The van der Waals surface area contributed by atoms with Crippen LogP contribution in [-0.4, -0.2) is 101 Å². The van der Waals surface area contributed by atoms with E-state index in [4.69, 9.17) is 32.9 Å². The van der Waals surface area contributed by atoms with Crippen molar-refractivity contribution in [2.24, 2.45) is 0 Å². The van der Waals surface area contributed by atoms with Crippen LogP contribution >= 0.6 is 0 Å². The van der Waals surface area contributed by atoms with Crippen LogP contribution in [0.15, 0.2) is 40.9 Å². The van der Waals surface area contributed by atoms with Gasteiger partial charge in [0.25, 0.3) is 0 Å². The van der Waals surface area contributed by atoms with Gasteiger partial charge in [-0.2, -0.15) is 13.2 Å². The summed E-state index contributed by atoms with van der Waals surface area (Å²) in [4.78, 5) is 28.4. The maximum atomic E-state index is 14.1. The quantitative estimate of drug-likeness (QED) is 0.286. The maximum Gasteiger partial charge on any atom is 0.496 e. The standard InChI is InChI=1S/C34H37BF3N5O8/c1-18-33(16-46-17-33)47-11-10-42(18)22-12-19(35-50-31(2,3)32(4,5)51-35)14-39-28(22)48-20-13-23(29(44)45)43(15-20)27-26-25(40-30(41-27)34(36,37)38)21-8-6-7-9-24(21)49-26/h6-9,12,14,18,20,23H,10-11,13,15-17H2,1-5H3,(H,44,45)/t18-,20-,23?/m0/s1. The number of pyridine rings is 1. The molecule has 4 saturated heterocycles. The highest BCUT2D eigenvalue weighted by molar-refractivity contribution is 6.62. The van der Waals surface area contributed by atoms with E-state index in [2.05, 4.69) is 14.9 Å². The topological polar surface area (TPSA) is 142 Å². The average molecular weight is 712 g/mol. The lowest BCUT2D eigenvalue weighted by Gasteiger charge is -2.53. The number of carboxylic acid groups (broad SMARTS) is 1. The van der Waals surface area contributed by atoms with Gasteiger partial charge in [-0.25, -0.2) is 19.7 Å². The normalized spacial score (nSPS) is 25.6. The summed E-state index contributed by atoms with van der Waals surface area (Å²) in [5.74, 6) is -2.71. The highest BCUT2D eigenvalue weighted by Crippen LogP contribution is 2.42. The average Bonchev–Trinajstić information content (AvgIpc) is 3.71. The molecule has 8 rings (SSSR count). The van der Waals surface area contributed by atoms with Gasteiger partial charge in [0, 0.05) is 30.0 Å². The number of nitrogens with zero attached hydrogens (tertiary/aromatic N) is 5. The minimum Gasteiger partial charge on any atom is -0.480 e. The number of para-hydroxylation sites is 1. The number of hydrogen-bond donors (Lipinski definition) is 1. The van der Waals surface area contributed by atoms with E-state index in [1.165, 1.54) is 4.90 Å². The molecule has 1 N–H and O–H groups in total. The maximum absolute atomic E-state index is 14.1. The number of ether oxygens (including phenoxy) is 3. The second kappa shape index (κ2) is 11.7. The zero-order chi connectivity index (χ0) is 36.1. The van der Waals surface area contributed by atoms with Crippen LogP contribution in [0.3, 0.4) is 0 Å². The first-order valence-corrected chi connectivity index (χ1v) is 16.8. The van der Waals surface area contributed by atoms with E-state index in [1.807, 2.05) is 40.7 Å². The molecule has 0 radical (unpaired) electrons. The molecule has 3 atom stereocenters. The molecule has 0 aliphatic carbocycles. The predicted octanol–water partition coefficient (Wildman–Crippen LogP) is 4.19. The van der Waals surface area contributed by atoms with Crippen molar-refractivity contribution >= 4 is 52.1 Å². The second-order valence-electron chi connectivity index (χ2n) is 14.6. The Labute approximate surface area is 291 Å². The molecule has 17 heteroatoms. The van der Waals surface area contributed by atoms with Crippen LogP contribution in [0.4, 0.5) is 24.7 Å². The number of alkyl halides is 3. The number of aliphatic carboxylic acids is 1. The van der Waals surface area contributed by atoms with Gasteiger partial charge in [-0.05, 0) is 52.8 Å². The van der Waals surface area contributed by atoms with Crippen molar-refractivity contribution in [1.29, 1.82) is 0 Å². The van der Waals surface area contributed by atoms with E-state index in [-0.39, 0.29) is 41.8 Å². The Balaban J connectivity index is 1.17. The van der Waals surface area contributed by atoms with Gasteiger partial charge in [-0.15, -0.1) is 0 Å². The number of rotatable bonds is 6. The van der Waals surface area contributed by atoms with Crippen molar-refractivity contribution in [3.05, 3.63) is 42.4 Å². The van der Waals surface area contributed by atoms with Crippen LogP contribution < -0.4 is 20.0 Å². The minimum absolute atomic E-state index is 0.0446. The van der Waals surface area contributed by atoms with Crippen LogP contribution in [-0.2, 0) is 29.8 Å². The number of hydrogen-bond acceptors (Lipinski definition) is 12. The number of morpholine rings is 1. The number of fused-ring (bicyclic) bond motifs is 3. The zero-order valence-electron chi connectivity index (χ0n) is 28.7. The van der Waals surface area contributed by atoms with E-state index < -0.39 is 54.0 Å². The Bertz CT molecular complexity index is 2010. The number of furan rings is 1. The molecule has 1 aromatic carbocycles. The van der Waals surface area contributed by atoms with Crippen molar-refractivity contribution in [1.82, 2.24) is 15.0 Å². The summed E-state index contributed by atoms with van der Waals surface area (Å²) in [6, 6.07) is 7.00. The van der Waals surface area contributed by atoms with E-state index in [1.54, 1.807) is 30.5 Å². The highest BCUT2D eigenvalue weighted by atomic mass is 19.4. The Kier molecular flexibility index (Phi) is 7.76. The molecule has 4 fully saturated rings. The van der Waals surface area contributed by atoms with Gasteiger partial charge in [0.1, 0.15) is 28.8 Å². The molecule has 1 spiro atoms. The molecule has 270 valence electrons. The fraction of sp³-hybridized carbons (Fsp3) is 0.529. The van der Waals surface area contributed by atoms with E-state index in [0.29, 0.717) is 48.5 Å². The molecule has 0 amide bonds. The summed E-state index contributed by atoms with van der Waals surface area (Å²) in [6.45, 7) is 11.6. The molecule has 1 unspecified atom stereocenters. The predicted molar refractivity (Wildman–Crippen MR) is 178 cm³/mol. The molecule has 4 aliphatic rings. The summed E-state index contributed by atoms with van der Waals surface area (Å²) in [5.41, 5.74) is -0.227. The van der Waals surface area contributed by atoms with Crippen LogP contribution in [0.1, 0.15) is 46.9 Å². The minimum atomic E-state index is -4.90. The lowest BCUT2D eigenvalue weighted by atomic mass is 9.80. The van der Waals surface area contributed by atoms with Gasteiger partial charge < -0.3 is 42.8 Å². The van der Waals surface area contributed by atoms with Gasteiger partial charge >= 0.3 is 19.3 Å². The second-order valence-corrected chi connectivity index (χ2v) is 14.6. The molecule has 3 aromatic heterocycles. The van der Waals surface area contributed by atoms with Gasteiger partial charge in [-0.3, -0.25) is 0 Å². The SMILES string of the molecule is C[C@@H]1N(c2cc(B3OC(C)(C)C(C)(C)O3)cnc2O[C@H]2CC(C(=O)O)N(c3nc(C(F)(F)F)nc4c3oc3ccccc34)C2)CCOC12COC2. The smallest absolute Gasteiger partial charge is 0.480 e. The summed E-state index contributed by atoms with van der Waals surface area (Å²) < 4.78 is 79.2. The lowest BCUT2D eigenvalue weighted by Crippen LogP contribution is -2.68. The Morgan fingerprint density at radius 1 is 1.08 bits per heavy atom. The fourth-order valence-corrected chi connectivity index (χ4v) is 7.17. The Hall–Kier alpha value is -4.19. The summed E-state index contributed by atoms with van der Waals surface area (Å²) in [6.07, 6.45) is -4.17. The van der Waals surface area contributed by atoms with Gasteiger partial charge in [0.15, 0.2) is 11.4 Å². The van der Waals surface area contributed by atoms with Gasteiger partial charge in [0.2, 0.25) is 11.7 Å². The zero-order valence-corrected chi connectivity index (χ0v) is 28.7. The Morgan fingerprint density at radius 3 is 2.47 bits per heavy atom. The molecule has 4 aliphatic heterocycles. The molecule has 4 aromatic rings. The molecular formula is C34H37BF3N5O8. The van der Waals surface area contributed by atoms with Crippen LogP contribution in [0.5, 0.6) is 5.88 Å². The number of benzene rings is 1.